The molecule has 1 aromatic heterocycles. The van der Waals surface area contributed by atoms with Crippen LogP contribution in [-0.2, 0) is 21.4 Å². The Morgan fingerprint density at radius 3 is 2.65 bits per heavy atom. The molecule has 0 aromatic carbocycles. The van der Waals surface area contributed by atoms with E-state index in [0.29, 0.717) is 38.9 Å². The van der Waals surface area contributed by atoms with Crippen molar-refractivity contribution < 1.29 is 13.2 Å². The van der Waals surface area contributed by atoms with Crippen LogP contribution in [-0.4, -0.2) is 53.8 Å². The van der Waals surface area contributed by atoms with E-state index in [1.54, 1.807) is 10.9 Å². The van der Waals surface area contributed by atoms with Gasteiger partial charge in [-0.15, -0.1) is 0 Å². The van der Waals surface area contributed by atoms with E-state index in [9.17, 15) is 13.2 Å². The van der Waals surface area contributed by atoms with Gasteiger partial charge in [0.1, 0.15) is 0 Å². The maximum Gasteiger partial charge on any atom is 0.222 e. The second-order valence-electron chi connectivity index (χ2n) is 5.02. The first kappa shape index (κ1) is 15.0. The highest BCUT2D eigenvalue weighted by atomic mass is 32.2. The lowest BCUT2D eigenvalue weighted by atomic mass is 10.1. The van der Waals surface area contributed by atoms with Gasteiger partial charge in [0.15, 0.2) is 0 Å². The zero-order chi connectivity index (χ0) is 14.6. The molecule has 0 radical (unpaired) electrons. The van der Waals surface area contributed by atoms with Crippen molar-refractivity contribution >= 4 is 15.9 Å². The molecule has 1 fully saturated rings. The summed E-state index contributed by atoms with van der Waals surface area (Å²) < 4.78 is 25.9. The zero-order valence-corrected chi connectivity index (χ0v) is 12.3. The second-order valence-corrected chi connectivity index (χ2v) is 7.01. The van der Waals surface area contributed by atoms with Gasteiger partial charge in [0.05, 0.1) is 6.26 Å². The number of sulfonamides is 1. The molecule has 1 aliphatic rings. The van der Waals surface area contributed by atoms with Crippen LogP contribution in [0.25, 0.3) is 0 Å². The summed E-state index contributed by atoms with van der Waals surface area (Å²) in [7, 11) is -3.11. The van der Waals surface area contributed by atoms with Gasteiger partial charge in [-0.3, -0.25) is 9.48 Å². The Labute approximate surface area is 119 Å². The van der Waals surface area contributed by atoms with Crippen LogP contribution >= 0.6 is 0 Å². The number of carbonyl (C=O) groups excluding carboxylic acids is 1. The standard InChI is InChI=1S/C12H20N4O3S/c1-20(18,19)16-9-3-11(4-10-16)14-12(17)5-8-15-7-2-6-13-15/h2,6-7,11H,3-5,8-10H2,1H3,(H,14,17). The van der Waals surface area contributed by atoms with Crippen molar-refractivity contribution in [2.24, 2.45) is 0 Å². The SMILES string of the molecule is CS(=O)(=O)N1CCC(NC(=O)CCn2cccn2)CC1. The molecule has 7 nitrogen and oxygen atoms in total. The molecule has 1 N–H and O–H groups in total. The van der Waals surface area contributed by atoms with Gasteiger partial charge in [-0.25, -0.2) is 12.7 Å². The Morgan fingerprint density at radius 1 is 1.40 bits per heavy atom. The quantitative estimate of drug-likeness (QED) is 0.817. The molecule has 20 heavy (non-hydrogen) atoms. The fourth-order valence-electron chi connectivity index (χ4n) is 2.28. The number of carbonyl (C=O) groups is 1. The van der Waals surface area contributed by atoms with Gasteiger partial charge in [0, 0.05) is 44.5 Å². The molecule has 1 amide bonds. The minimum Gasteiger partial charge on any atom is -0.353 e. The summed E-state index contributed by atoms with van der Waals surface area (Å²) in [4.78, 5) is 11.8. The first-order chi connectivity index (χ1) is 9.45. The molecule has 2 heterocycles. The number of nitrogens with zero attached hydrogens (tertiary/aromatic N) is 3. The Kier molecular flexibility index (Phi) is 4.77. The number of amides is 1. The molecule has 1 saturated heterocycles. The summed E-state index contributed by atoms with van der Waals surface area (Å²) in [5.41, 5.74) is 0. The Hall–Kier alpha value is -1.41. The second kappa shape index (κ2) is 6.36. The van der Waals surface area contributed by atoms with Crippen LogP contribution in [0.2, 0.25) is 0 Å². The largest absolute Gasteiger partial charge is 0.353 e. The maximum atomic E-state index is 11.8. The molecular weight excluding hydrogens is 280 g/mol. The lowest BCUT2D eigenvalue weighted by Gasteiger charge is -2.30. The molecule has 0 bridgehead atoms. The van der Waals surface area contributed by atoms with Crippen LogP contribution in [0.3, 0.4) is 0 Å². The number of aryl methyl sites for hydroxylation is 1. The van der Waals surface area contributed by atoms with Gasteiger partial charge < -0.3 is 5.32 Å². The van der Waals surface area contributed by atoms with Gasteiger partial charge in [-0.1, -0.05) is 0 Å². The highest BCUT2D eigenvalue weighted by Crippen LogP contribution is 2.13. The monoisotopic (exact) mass is 300 g/mol. The fourth-order valence-corrected chi connectivity index (χ4v) is 3.15. The number of aromatic nitrogens is 2. The van der Waals surface area contributed by atoms with E-state index >= 15 is 0 Å². The summed E-state index contributed by atoms with van der Waals surface area (Å²) in [5, 5.41) is 6.99. The number of piperidine rings is 1. The van der Waals surface area contributed by atoms with Gasteiger partial charge in [0.25, 0.3) is 0 Å². The van der Waals surface area contributed by atoms with Crippen molar-refractivity contribution in [3.8, 4) is 0 Å². The van der Waals surface area contributed by atoms with Crippen LogP contribution < -0.4 is 5.32 Å². The summed E-state index contributed by atoms with van der Waals surface area (Å²) in [6, 6.07) is 1.89. The van der Waals surface area contributed by atoms with Crippen LogP contribution in [0.15, 0.2) is 18.5 Å². The van der Waals surface area contributed by atoms with Gasteiger partial charge in [-0.05, 0) is 18.9 Å². The minimum absolute atomic E-state index is 0.0155. The number of rotatable bonds is 5. The summed E-state index contributed by atoms with van der Waals surface area (Å²) in [6.07, 6.45) is 6.43. The zero-order valence-electron chi connectivity index (χ0n) is 11.5. The van der Waals surface area contributed by atoms with Crippen molar-refractivity contribution in [2.75, 3.05) is 19.3 Å². The van der Waals surface area contributed by atoms with E-state index in [1.165, 1.54) is 10.6 Å². The Morgan fingerprint density at radius 2 is 2.10 bits per heavy atom. The molecule has 0 spiro atoms. The molecular formula is C12H20N4O3S. The van der Waals surface area contributed by atoms with E-state index in [2.05, 4.69) is 10.4 Å². The first-order valence-corrected chi connectivity index (χ1v) is 8.52. The van der Waals surface area contributed by atoms with Crippen molar-refractivity contribution in [3.63, 3.8) is 0 Å². The van der Waals surface area contributed by atoms with Crippen LogP contribution in [0.4, 0.5) is 0 Å². The van der Waals surface area contributed by atoms with Crippen molar-refractivity contribution in [2.45, 2.75) is 31.8 Å². The predicted octanol–water partition coefficient (Wildman–Crippen LogP) is -0.187. The van der Waals surface area contributed by atoms with Crippen molar-refractivity contribution in [1.82, 2.24) is 19.4 Å². The lowest BCUT2D eigenvalue weighted by molar-refractivity contribution is -0.122. The fraction of sp³-hybridized carbons (Fsp3) is 0.667. The molecule has 0 aliphatic carbocycles. The normalized spacial score (nSPS) is 18.1. The average molecular weight is 300 g/mol. The summed E-state index contributed by atoms with van der Waals surface area (Å²) >= 11 is 0. The third kappa shape index (κ3) is 4.31. The molecule has 1 aliphatic heterocycles. The highest BCUT2D eigenvalue weighted by molar-refractivity contribution is 7.88. The molecule has 2 rings (SSSR count). The predicted molar refractivity (Wildman–Crippen MR) is 74.4 cm³/mol. The Bertz CT molecular complexity index is 533. The van der Waals surface area contributed by atoms with E-state index in [-0.39, 0.29) is 11.9 Å². The first-order valence-electron chi connectivity index (χ1n) is 6.67. The topological polar surface area (TPSA) is 84.3 Å². The number of nitrogens with one attached hydrogen (secondary N) is 1. The summed E-state index contributed by atoms with van der Waals surface area (Å²) in [6.45, 7) is 1.51. The Balaban J connectivity index is 1.71. The molecule has 1 aromatic rings. The molecule has 0 atom stereocenters. The third-order valence-electron chi connectivity index (χ3n) is 3.42. The highest BCUT2D eigenvalue weighted by Gasteiger charge is 2.25. The van der Waals surface area contributed by atoms with E-state index in [4.69, 9.17) is 0 Å². The number of hydrogen-bond donors (Lipinski definition) is 1. The third-order valence-corrected chi connectivity index (χ3v) is 4.72. The smallest absolute Gasteiger partial charge is 0.222 e. The van der Waals surface area contributed by atoms with E-state index < -0.39 is 10.0 Å². The molecule has 112 valence electrons. The maximum absolute atomic E-state index is 11.8. The van der Waals surface area contributed by atoms with Gasteiger partial charge >= 0.3 is 0 Å². The van der Waals surface area contributed by atoms with Crippen molar-refractivity contribution in [3.05, 3.63) is 18.5 Å². The molecule has 0 saturated carbocycles. The average Bonchev–Trinajstić information content (AvgIpc) is 2.89. The molecule has 0 unspecified atom stereocenters. The van der Waals surface area contributed by atoms with Crippen LogP contribution in [0, 0.1) is 0 Å². The lowest BCUT2D eigenvalue weighted by Crippen LogP contribution is -2.46. The van der Waals surface area contributed by atoms with Crippen LogP contribution in [0.1, 0.15) is 19.3 Å². The summed E-state index contributed by atoms with van der Waals surface area (Å²) in [5.74, 6) is -0.0155. The van der Waals surface area contributed by atoms with Crippen LogP contribution in [0.5, 0.6) is 0 Å². The van der Waals surface area contributed by atoms with E-state index in [0.717, 1.165) is 0 Å². The number of hydrogen-bond acceptors (Lipinski definition) is 4. The van der Waals surface area contributed by atoms with Gasteiger partial charge in [0.2, 0.25) is 15.9 Å². The molecule has 8 heteroatoms. The van der Waals surface area contributed by atoms with Gasteiger partial charge in [-0.2, -0.15) is 5.10 Å². The van der Waals surface area contributed by atoms with E-state index in [1.807, 2.05) is 12.3 Å². The minimum atomic E-state index is -3.11. The van der Waals surface area contributed by atoms with Crippen molar-refractivity contribution in [1.29, 1.82) is 0 Å².